The fourth-order valence-electron chi connectivity index (χ4n) is 2.94. The molecule has 0 saturated carbocycles. The van der Waals surface area contributed by atoms with Gasteiger partial charge in [-0.2, -0.15) is 9.40 Å². The molecular weight excluding hydrogens is 428 g/mol. The minimum atomic E-state index is -3.81. The van der Waals surface area contributed by atoms with Crippen LogP contribution in [0.4, 0.5) is 6.01 Å². The van der Waals surface area contributed by atoms with Crippen LogP contribution in [0, 0.1) is 0 Å². The molecule has 1 saturated heterocycles. The van der Waals surface area contributed by atoms with Crippen molar-refractivity contribution in [3.63, 3.8) is 0 Å². The van der Waals surface area contributed by atoms with E-state index in [0.717, 1.165) is 11.3 Å². The fourth-order valence-corrected chi connectivity index (χ4v) is 6.21. The number of nitrogens with one attached hydrogen (secondary N) is 1. The molecule has 0 aromatic carbocycles. The zero-order chi connectivity index (χ0) is 19.9. The van der Waals surface area contributed by atoms with Crippen LogP contribution in [0.25, 0.3) is 11.6 Å². The normalized spacial score (nSPS) is 17.9. The second-order valence-corrected chi connectivity index (χ2v) is 9.94. The number of aryl methyl sites for hydroxylation is 1. The van der Waals surface area contributed by atoms with Gasteiger partial charge in [0.15, 0.2) is 0 Å². The first-order valence-corrected chi connectivity index (χ1v) is 10.9. The second kappa shape index (κ2) is 7.28. The van der Waals surface area contributed by atoms with E-state index in [1.165, 1.54) is 16.4 Å². The van der Waals surface area contributed by atoms with Gasteiger partial charge >= 0.3 is 6.01 Å². The number of aromatic nitrogens is 4. The quantitative estimate of drug-likeness (QED) is 0.640. The number of hydrogen-bond acceptors (Lipinski definition) is 8. The Kier molecular flexibility index (Phi) is 4.95. The van der Waals surface area contributed by atoms with Crippen molar-refractivity contribution in [1.82, 2.24) is 24.3 Å². The SMILES string of the molecule is Cn1ccc(-c2nnc(NC(=O)C3CCCN3S(=O)(=O)c3ccc(Cl)s3)o2)n1. The van der Waals surface area contributed by atoms with Gasteiger partial charge in [0.05, 0.1) is 4.34 Å². The van der Waals surface area contributed by atoms with Crippen LogP contribution in [0.1, 0.15) is 12.8 Å². The molecule has 1 amide bonds. The van der Waals surface area contributed by atoms with Gasteiger partial charge in [-0.15, -0.1) is 16.4 Å². The highest BCUT2D eigenvalue weighted by atomic mass is 35.5. The maximum absolute atomic E-state index is 12.8. The molecule has 0 bridgehead atoms. The third-order valence-corrected chi connectivity index (χ3v) is 7.81. The molecule has 4 heterocycles. The molecule has 1 N–H and O–H groups in total. The average Bonchev–Trinajstić information content (AvgIpc) is 3.41. The maximum Gasteiger partial charge on any atom is 0.322 e. The van der Waals surface area contributed by atoms with Crippen molar-refractivity contribution in [2.24, 2.45) is 7.05 Å². The van der Waals surface area contributed by atoms with Gasteiger partial charge in [-0.1, -0.05) is 16.7 Å². The zero-order valence-corrected chi connectivity index (χ0v) is 17.0. The molecular formula is C15H15ClN6O4S2. The molecule has 1 aliphatic rings. The summed E-state index contributed by atoms with van der Waals surface area (Å²) in [5.41, 5.74) is 0.468. The van der Waals surface area contributed by atoms with Crippen LogP contribution in [-0.2, 0) is 21.9 Å². The van der Waals surface area contributed by atoms with Gasteiger partial charge in [0.25, 0.3) is 15.9 Å². The summed E-state index contributed by atoms with van der Waals surface area (Å²) in [7, 11) is -2.06. The lowest BCUT2D eigenvalue weighted by atomic mass is 10.2. The first-order valence-electron chi connectivity index (χ1n) is 8.26. The Morgan fingerprint density at radius 2 is 2.18 bits per heavy atom. The van der Waals surface area contributed by atoms with E-state index in [2.05, 4.69) is 20.6 Å². The van der Waals surface area contributed by atoms with E-state index in [1.54, 1.807) is 24.0 Å². The van der Waals surface area contributed by atoms with Gasteiger partial charge in [-0.3, -0.25) is 14.8 Å². The van der Waals surface area contributed by atoms with Gasteiger partial charge in [-0.25, -0.2) is 8.42 Å². The molecule has 3 aromatic rings. The number of rotatable bonds is 5. The van der Waals surface area contributed by atoms with Gasteiger partial charge in [-0.05, 0) is 31.0 Å². The lowest BCUT2D eigenvalue weighted by Crippen LogP contribution is -2.42. The average molecular weight is 443 g/mol. The highest BCUT2D eigenvalue weighted by molar-refractivity contribution is 7.91. The molecule has 148 valence electrons. The van der Waals surface area contributed by atoms with Gasteiger partial charge in [0.2, 0.25) is 5.91 Å². The van der Waals surface area contributed by atoms with E-state index < -0.39 is 22.0 Å². The molecule has 0 spiro atoms. The number of carbonyl (C=O) groups excluding carboxylic acids is 1. The first-order chi connectivity index (χ1) is 13.3. The highest BCUT2D eigenvalue weighted by Gasteiger charge is 2.40. The Morgan fingerprint density at radius 1 is 1.36 bits per heavy atom. The summed E-state index contributed by atoms with van der Waals surface area (Å²) in [6.45, 7) is 0.249. The van der Waals surface area contributed by atoms with E-state index in [4.69, 9.17) is 16.0 Å². The largest absolute Gasteiger partial charge is 0.401 e. The lowest BCUT2D eigenvalue weighted by molar-refractivity contribution is -0.119. The molecule has 0 radical (unpaired) electrons. The van der Waals surface area contributed by atoms with Gasteiger partial charge < -0.3 is 4.42 Å². The second-order valence-electron chi connectivity index (χ2n) is 6.11. The van der Waals surface area contributed by atoms with Crippen molar-refractivity contribution in [2.45, 2.75) is 23.1 Å². The molecule has 3 aromatic heterocycles. The van der Waals surface area contributed by atoms with E-state index in [0.29, 0.717) is 22.9 Å². The van der Waals surface area contributed by atoms with Gasteiger partial charge in [0.1, 0.15) is 15.9 Å². The molecule has 1 fully saturated rings. The predicted molar refractivity (Wildman–Crippen MR) is 101 cm³/mol. The van der Waals surface area contributed by atoms with Crippen LogP contribution in [-0.4, -0.2) is 51.2 Å². The zero-order valence-electron chi connectivity index (χ0n) is 14.6. The van der Waals surface area contributed by atoms with Gasteiger partial charge in [0, 0.05) is 19.8 Å². The number of hydrogen-bond donors (Lipinski definition) is 1. The summed E-state index contributed by atoms with van der Waals surface area (Å²) in [6, 6.07) is 3.66. The van der Waals surface area contributed by atoms with E-state index in [1.807, 2.05) is 0 Å². The topological polar surface area (TPSA) is 123 Å². The molecule has 1 aliphatic heterocycles. The molecule has 10 nitrogen and oxygen atoms in total. The minimum Gasteiger partial charge on any atom is -0.401 e. The monoisotopic (exact) mass is 442 g/mol. The summed E-state index contributed by atoms with van der Waals surface area (Å²) in [5.74, 6) is -0.375. The predicted octanol–water partition coefficient (Wildman–Crippen LogP) is 1.98. The summed E-state index contributed by atoms with van der Waals surface area (Å²) in [4.78, 5) is 12.7. The lowest BCUT2D eigenvalue weighted by Gasteiger charge is -2.21. The number of halogens is 1. The number of anilines is 1. The molecule has 28 heavy (non-hydrogen) atoms. The molecule has 1 atom stereocenters. The molecule has 13 heteroatoms. The Hall–Kier alpha value is -2.28. The van der Waals surface area contributed by atoms with Crippen LogP contribution in [0.3, 0.4) is 0 Å². The number of sulfonamides is 1. The standard InChI is InChI=1S/C15H15ClN6O4S2/c1-21-8-6-9(20-21)14-18-19-15(26-14)17-13(23)10-3-2-7-22(10)28(24,25)12-5-4-11(16)27-12/h4-6,8,10H,2-3,7H2,1H3,(H,17,19,23). The minimum absolute atomic E-state index is 0.104. The number of amides is 1. The van der Waals surface area contributed by atoms with Crippen LogP contribution >= 0.6 is 22.9 Å². The summed E-state index contributed by atoms with van der Waals surface area (Å²) < 4.78 is 34.3. The van der Waals surface area contributed by atoms with Crippen LogP contribution in [0.5, 0.6) is 0 Å². The highest BCUT2D eigenvalue weighted by Crippen LogP contribution is 2.32. The molecule has 4 rings (SSSR count). The van der Waals surface area contributed by atoms with Crippen molar-refractivity contribution in [3.8, 4) is 11.6 Å². The maximum atomic E-state index is 12.8. The van der Waals surface area contributed by atoms with Crippen molar-refractivity contribution in [2.75, 3.05) is 11.9 Å². The first kappa shape index (κ1) is 19.1. The van der Waals surface area contributed by atoms with E-state index in [9.17, 15) is 13.2 Å². The third-order valence-electron chi connectivity index (χ3n) is 4.21. The van der Waals surface area contributed by atoms with E-state index in [-0.39, 0.29) is 22.7 Å². The smallest absolute Gasteiger partial charge is 0.322 e. The van der Waals surface area contributed by atoms with Crippen LogP contribution in [0.2, 0.25) is 4.34 Å². The van der Waals surface area contributed by atoms with Crippen molar-refractivity contribution < 1.29 is 17.6 Å². The summed E-state index contributed by atoms with van der Waals surface area (Å²) >= 11 is 6.81. The number of thiophene rings is 1. The Balaban J connectivity index is 1.51. The van der Waals surface area contributed by atoms with Crippen LogP contribution in [0.15, 0.2) is 33.0 Å². The Morgan fingerprint density at radius 3 is 2.86 bits per heavy atom. The number of carbonyl (C=O) groups is 1. The van der Waals surface area contributed by atoms with Crippen molar-refractivity contribution in [3.05, 3.63) is 28.7 Å². The third kappa shape index (κ3) is 3.55. The van der Waals surface area contributed by atoms with E-state index >= 15 is 0 Å². The van der Waals surface area contributed by atoms with Crippen molar-refractivity contribution >= 4 is 44.9 Å². The summed E-state index contributed by atoms with van der Waals surface area (Å²) in [5, 5.41) is 14.3. The molecule has 0 aliphatic carbocycles. The van der Waals surface area contributed by atoms with Crippen LogP contribution < -0.4 is 5.32 Å². The molecule has 1 unspecified atom stereocenters. The summed E-state index contributed by atoms with van der Waals surface area (Å²) in [6.07, 6.45) is 2.68. The van der Waals surface area contributed by atoms with Crippen molar-refractivity contribution in [1.29, 1.82) is 0 Å². The number of nitrogens with zero attached hydrogens (tertiary/aromatic N) is 5. The Labute approximate surface area is 169 Å². The fraction of sp³-hybridized carbons (Fsp3) is 0.333. The Bertz CT molecular complexity index is 1120.